The number of anilines is 1. The van der Waals surface area contributed by atoms with Gasteiger partial charge in [-0.05, 0) is 24.5 Å². The quantitative estimate of drug-likeness (QED) is 0.399. The Morgan fingerprint density at radius 2 is 1.95 bits per heavy atom. The standard InChI is InChI=1S/C13H12N2O3S/c1-19-13-5-3-2-4-12(13)18-11-7-6-9(15(16)17)8-10(11)14/h2-8H,14H2,1H3. The lowest BCUT2D eigenvalue weighted by molar-refractivity contribution is -0.384. The molecule has 0 aromatic heterocycles. The number of ether oxygens (including phenoxy) is 1. The van der Waals surface area contributed by atoms with Crippen LogP contribution in [0.25, 0.3) is 0 Å². The van der Waals surface area contributed by atoms with Crippen LogP contribution in [0.5, 0.6) is 11.5 Å². The molecule has 0 unspecified atom stereocenters. The zero-order valence-corrected chi connectivity index (χ0v) is 11.0. The van der Waals surface area contributed by atoms with E-state index in [-0.39, 0.29) is 11.4 Å². The van der Waals surface area contributed by atoms with Crippen molar-refractivity contribution in [1.82, 2.24) is 0 Å². The number of nitrogens with zero attached hydrogens (tertiary/aromatic N) is 1. The minimum absolute atomic E-state index is 0.0528. The zero-order chi connectivity index (χ0) is 13.8. The van der Waals surface area contributed by atoms with E-state index in [0.29, 0.717) is 11.5 Å². The molecule has 98 valence electrons. The average Bonchev–Trinajstić information content (AvgIpc) is 2.41. The van der Waals surface area contributed by atoms with Gasteiger partial charge in [0.1, 0.15) is 5.75 Å². The number of hydrogen-bond donors (Lipinski definition) is 1. The van der Waals surface area contributed by atoms with Gasteiger partial charge in [0.05, 0.1) is 10.6 Å². The Morgan fingerprint density at radius 1 is 1.21 bits per heavy atom. The summed E-state index contributed by atoms with van der Waals surface area (Å²) in [6.07, 6.45) is 1.95. The van der Waals surface area contributed by atoms with Gasteiger partial charge in [0.15, 0.2) is 5.75 Å². The number of thioether (sulfide) groups is 1. The van der Waals surface area contributed by atoms with E-state index < -0.39 is 4.92 Å². The van der Waals surface area contributed by atoms with Gasteiger partial charge in [-0.15, -0.1) is 11.8 Å². The number of nitro benzene ring substituents is 1. The fourth-order valence-corrected chi connectivity index (χ4v) is 2.09. The molecule has 0 saturated heterocycles. The van der Waals surface area contributed by atoms with Crippen LogP contribution in [0.3, 0.4) is 0 Å². The van der Waals surface area contributed by atoms with Crippen LogP contribution in [0.1, 0.15) is 0 Å². The van der Waals surface area contributed by atoms with E-state index in [4.69, 9.17) is 10.5 Å². The van der Waals surface area contributed by atoms with E-state index in [1.54, 1.807) is 11.8 Å². The smallest absolute Gasteiger partial charge is 0.271 e. The highest BCUT2D eigenvalue weighted by Gasteiger charge is 2.11. The van der Waals surface area contributed by atoms with Crippen molar-refractivity contribution in [2.45, 2.75) is 4.90 Å². The summed E-state index contributed by atoms with van der Waals surface area (Å²) in [5.41, 5.74) is 5.95. The number of benzene rings is 2. The first-order valence-corrected chi connectivity index (χ1v) is 6.69. The van der Waals surface area contributed by atoms with E-state index in [1.165, 1.54) is 18.2 Å². The van der Waals surface area contributed by atoms with Crippen molar-refractivity contribution in [3.05, 3.63) is 52.6 Å². The first-order valence-electron chi connectivity index (χ1n) is 5.46. The van der Waals surface area contributed by atoms with E-state index in [9.17, 15) is 10.1 Å². The van der Waals surface area contributed by atoms with Crippen molar-refractivity contribution in [1.29, 1.82) is 0 Å². The predicted octanol–water partition coefficient (Wildman–Crippen LogP) is 3.69. The van der Waals surface area contributed by atoms with Gasteiger partial charge in [-0.1, -0.05) is 12.1 Å². The third kappa shape index (κ3) is 2.97. The fourth-order valence-electron chi connectivity index (χ4n) is 1.56. The molecule has 0 spiro atoms. The van der Waals surface area contributed by atoms with Crippen molar-refractivity contribution in [3.63, 3.8) is 0 Å². The van der Waals surface area contributed by atoms with Crippen LogP contribution >= 0.6 is 11.8 Å². The lowest BCUT2D eigenvalue weighted by Crippen LogP contribution is -1.95. The Morgan fingerprint density at radius 3 is 2.58 bits per heavy atom. The van der Waals surface area contributed by atoms with Crippen molar-refractivity contribution in [2.24, 2.45) is 0 Å². The van der Waals surface area contributed by atoms with Crippen LogP contribution in [-0.4, -0.2) is 11.2 Å². The molecule has 0 aliphatic heterocycles. The van der Waals surface area contributed by atoms with Gasteiger partial charge >= 0.3 is 0 Å². The molecule has 2 N–H and O–H groups in total. The Bertz CT molecular complexity index is 617. The molecule has 2 rings (SSSR count). The summed E-state index contributed by atoms with van der Waals surface area (Å²) in [6.45, 7) is 0. The topological polar surface area (TPSA) is 78.4 Å². The third-order valence-corrected chi connectivity index (χ3v) is 3.27. The Kier molecular flexibility index (Phi) is 3.91. The number of para-hydroxylation sites is 1. The molecule has 2 aromatic carbocycles. The Hall–Kier alpha value is -2.21. The molecule has 0 radical (unpaired) electrons. The van der Waals surface area contributed by atoms with Gasteiger partial charge in [0, 0.05) is 17.0 Å². The third-order valence-electron chi connectivity index (χ3n) is 2.49. The van der Waals surface area contributed by atoms with E-state index in [1.807, 2.05) is 30.5 Å². The van der Waals surface area contributed by atoms with Crippen LogP contribution < -0.4 is 10.5 Å². The van der Waals surface area contributed by atoms with Crippen molar-refractivity contribution in [2.75, 3.05) is 12.0 Å². The van der Waals surface area contributed by atoms with Crippen LogP contribution in [0.4, 0.5) is 11.4 Å². The summed E-state index contributed by atoms with van der Waals surface area (Å²) < 4.78 is 5.70. The monoisotopic (exact) mass is 276 g/mol. The second-order valence-electron chi connectivity index (χ2n) is 3.73. The highest BCUT2D eigenvalue weighted by molar-refractivity contribution is 7.98. The summed E-state index contributed by atoms with van der Waals surface area (Å²) >= 11 is 1.55. The second kappa shape index (κ2) is 5.62. The maximum absolute atomic E-state index is 10.6. The van der Waals surface area contributed by atoms with Crippen LogP contribution in [0.2, 0.25) is 0 Å². The molecule has 2 aromatic rings. The number of nitrogen functional groups attached to an aromatic ring is 1. The summed E-state index contributed by atoms with van der Waals surface area (Å²) in [6, 6.07) is 11.7. The van der Waals surface area contributed by atoms with Crippen LogP contribution in [0.15, 0.2) is 47.4 Å². The molecule has 5 nitrogen and oxygen atoms in total. The van der Waals surface area contributed by atoms with Crippen LogP contribution in [-0.2, 0) is 0 Å². The number of hydrogen-bond acceptors (Lipinski definition) is 5. The normalized spacial score (nSPS) is 10.2. The number of rotatable bonds is 4. The van der Waals surface area contributed by atoms with Gasteiger partial charge in [-0.3, -0.25) is 10.1 Å². The highest BCUT2D eigenvalue weighted by Crippen LogP contribution is 2.35. The Labute approximate surface area is 114 Å². The molecule has 6 heteroatoms. The molecule has 0 bridgehead atoms. The first kappa shape index (κ1) is 13.2. The highest BCUT2D eigenvalue weighted by atomic mass is 32.2. The molecule has 0 saturated carbocycles. The van der Waals surface area contributed by atoms with E-state index in [2.05, 4.69) is 0 Å². The summed E-state index contributed by atoms with van der Waals surface area (Å²) in [5, 5.41) is 10.6. The second-order valence-corrected chi connectivity index (χ2v) is 4.58. The summed E-state index contributed by atoms with van der Waals surface area (Å²) in [5.74, 6) is 1.09. The fraction of sp³-hybridized carbons (Fsp3) is 0.0769. The largest absolute Gasteiger partial charge is 0.454 e. The molecule has 0 heterocycles. The Balaban J connectivity index is 2.31. The minimum Gasteiger partial charge on any atom is -0.454 e. The molecule has 0 aliphatic carbocycles. The SMILES string of the molecule is CSc1ccccc1Oc1ccc([N+](=O)[O-])cc1N. The van der Waals surface area contributed by atoms with Gasteiger partial charge in [-0.2, -0.15) is 0 Å². The maximum Gasteiger partial charge on any atom is 0.271 e. The molecular formula is C13H12N2O3S. The van der Waals surface area contributed by atoms with Crippen LogP contribution in [0, 0.1) is 10.1 Å². The van der Waals surface area contributed by atoms with Gasteiger partial charge in [-0.25, -0.2) is 0 Å². The van der Waals surface area contributed by atoms with E-state index in [0.717, 1.165) is 4.90 Å². The maximum atomic E-state index is 10.6. The van der Waals surface area contributed by atoms with E-state index >= 15 is 0 Å². The lowest BCUT2D eigenvalue weighted by atomic mass is 10.2. The predicted molar refractivity (Wildman–Crippen MR) is 75.8 cm³/mol. The van der Waals surface area contributed by atoms with Gasteiger partial charge in [0.2, 0.25) is 0 Å². The number of nitro groups is 1. The van der Waals surface area contributed by atoms with Crippen molar-refractivity contribution >= 4 is 23.1 Å². The molecule has 0 fully saturated rings. The van der Waals surface area contributed by atoms with Crippen molar-refractivity contribution in [3.8, 4) is 11.5 Å². The first-order chi connectivity index (χ1) is 9.11. The summed E-state index contributed by atoms with van der Waals surface area (Å²) in [7, 11) is 0. The molecule has 0 atom stereocenters. The van der Waals surface area contributed by atoms with Crippen molar-refractivity contribution < 1.29 is 9.66 Å². The minimum atomic E-state index is -0.490. The lowest BCUT2D eigenvalue weighted by Gasteiger charge is -2.11. The zero-order valence-electron chi connectivity index (χ0n) is 10.2. The molecule has 0 amide bonds. The average molecular weight is 276 g/mol. The number of non-ortho nitro benzene ring substituents is 1. The summed E-state index contributed by atoms with van der Waals surface area (Å²) in [4.78, 5) is 11.1. The molecule has 19 heavy (non-hydrogen) atoms. The van der Waals surface area contributed by atoms with Gasteiger partial charge in [0.25, 0.3) is 5.69 Å². The molecular weight excluding hydrogens is 264 g/mol. The van der Waals surface area contributed by atoms with Gasteiger partial charge < -0.3 is 10.5 Å². The number of nitrogens with two attached hydrogens (primary N) is 1. The molecule has 0 aliphatic rings.